The zero-order valence-corrected chi connectivity index (χ0v) is 19.5. The lowest BCUT2D eigenvalue weighted by atomic mass is 9.83. The van der Waals surface area contributed by atoms with Gasteiger partial charge in [-0.15, -0.1) is 0 Å². The highest BCUT2D eigenvalue weighted by Gasteiger charge is 2.33. The minimum Gasteiger partial charge on any atom is -0.462 e. The Balaban J connectivity index is 1.54. The van der Waals surface area contributed by atoms with E-state index in [-0.39, 0.29) is 11.8 Å². The first-order valence-electron chi connectivity index (χ1n) is 11.8. The molecule has 0 bridgehead atoms. The molecule has 1 fully saturated rings. The number of benzodiazepines with no additional fused rings is 1. The van der Waals surface area contributed by atoms with E-state index in [9.17, 15) is 14.4 Å². The molecule has 0 radical (unpaired) electrons. The van der Waals surface area contributed by atoms with Gasteiger partial charge in [0.2, 0.25) is 6.17 Å². The maximum absolute atomic E-state index is 13.2. The SMILES string of the molecule is CCOC(=O)c1ccc(NC(=O)NC2N=C(C3CCCCC3)c3ccccc3N(C)C2=O)cc1. The molecule has 0 saturated heterocycles. The van der Waals surface area contributed by atoms with Gasteiger partial charge in [-0.05, 0) is 50.1 Å². The molecule has 1 unspecified atom stereocenters. The molecule has 2 aromatic rings. The van der Waals surface area contributed by atoms with E-state index in [0.29, 0.717) is 17.9 Å². The second-order valence-corrected chi connectivity index (χ2v) is 8.56. The van der Waals surface area contributed by atoms with Crippen molar-refractivity contribution >= 4 is 35.0 Å². The summed E-state index contributed by atoms with van der Waals surface area (Å²) in [7, 11) is 1.71. The summed E-state index contributed by atoms with van der Waals surface area (Å²) in [4.78, 5) is 44.2. The molecule has 1 aliphatic heterocycles. The second-order valence-electron chi connectivity index (χ2n) is 8.56. The number of nitrogens with one attached hydrogen (secondary N) is 2. The molecule has 2 aliphatic rings. The fraction of sp³-hybridized carbons (Fsp3) is 0.385. The summed E-state index contributed by atoms with van der Waals surface area (Å²) >= 11 is 0. The molecule has 2 N–H and O–H groups in total. The van der Waals surface area contributed by atoms with Crippen LogP contribution in [0.15, 0.2) is 53.5 Å². The van der Waals surface area contributed by atoms with E-state index in [4.69, 9.17) is 9.73 Å². The molecule has 8 heteroatoms. The molecular formula is C26H30N4O4. The highest BCUT2D eigenvalue weighted by atomic mass is 16.5. The average Bonchev–Trinajstić information content (AvgIpc) is 2.96. The standard InChI is InChI=1S/C26H30N4O4/c1-3-34-25(32)18-13-15-19(16-14-18)27-26(33)29-23-24(31)30(2)21-12-8-7-11-20(21)22(28-23)17-9-5-4-6-10-17/h7-8,11-17,23H,3-6,9-10H2,1-2H3,(H2,27,29,33). The first kappa shape index (κ1) is 23.5. The van der Waals surface area contributed by atoms with Gasteiger partial charge in [-0.1, -0.05) is 37.5 Å². The summed E-state index contributed by atoms with van der Waals surface area (Å²) in [5.41, 5.74) is 3.52. The predicted octanol–water partition coefficient (Wildman–Crippen LogP) is 4.36. The van der Waals surface area contributed by atoms with E-state index >= 15 is 0 Å². The number of nitrogens with zero attached hydrogens (tertiary/aromatic N) is 2. The van der Waals surface area contributed by atoms with Crippen LogP contribution in [0.3, 0.4) is 0 Å². The van der Waals surface area contributed by atoms with Gasteiger partial charge >= 0.3 is 12.0 Å². The van der Waals surface area contributed by atoms with Gasteiger partial charge in [0.25, 0.3) is 5.91 Å². The van der Waals surface area contributed by atoms with Crippen LogP contribution in [0, 0.1) is 5.92 Å². The zero-order valence-electron chi connectivity index (χ0n) is 19.5. The Morgan fingerprint density at radius 1 is 1.06 bits per heavy atom. The average molecular weight is 463 g/mol. The minimum absolute atomic E-state index is 0.261. The van der Waals surface area contributed by atoms with Crippen LogP contribution in [-0.2, 0) is 9.53 Å². The van der Waals surface area contributed by atoms with E-state index in [1.165, 1.54) is 6.42 Å². The Morgan fingerprint density at radius 3 is 2.47 bits per heavy atom. The van der Waals surface area contributed by atoms with Crippen LogP contribution in [0.2, 0.25) is 0 Å². The van der Waals surface area contributed by atoms with Crippen molar-refractivity contribution in [3.63, 3.8) is 0 Å². The molecule has 0 aromatic heterocycles. The number of anilines is 2. The van der Waals surface area contributed by atoms with Crippen molar-refractivity contribution in [2.45, 2.75) is 45.2 Å². The minimum atomic E-state index is -1.03. The zero-order chi connectivity index (χ0) is 24.1. The number of hydrogen-bond acceptors (Lipinski definition) is 5. The number of carbonyl (C=O) groups excluding carboxylic acids is 3. The number of benzene rings is 2. The Labute approximate surface area is 199 Å². The van der Waals surface area contributed by atoms with E-state index in [1.807, 2.05) is 24.3 Å². The number of urea groups is 1. The van der Waals surface area contributed by atoms with Crippen LogP contribution in [0.5, 0.6) is 0 Å². The predicted molar refractivity (Wildman–Crippen MR) is 131 cm³/mol. The molecule has 8 nitrogen and oxygen atoms in total. The van der Waals surface area contributed by atoms with Gasteiger partial charge in [-0.25, -0.2) is 9.59 Å². The Bertz CT molecular complexity index is 1090. The topological polar surface area (TPSA) is 100 Å². The van der Waals surface area contributed by atoms with Gasteiger partial charge < -0.3 is 20.3 Å². The molecule has 178 valence electrons. The maximum atomic E-state index is 13.2. The number of likely N-dealkylation sites (N-methyl/N-ethyl adjacent to an activating group) is 1. The molecule has 1 aliphatic carbocycles. The number of carbonyl (C=O) groups is 3. The smallest absolute Gasteiger partial charge is 0.338 e. The summed E-state index contributed by atoms with van der Waals surface area (Å²) in [5.74, 6) is -0.460. The lowest BCUT2D eigenvalue weighted by Crippen LogP contribution is -2.47. The summed E-state index contributed by atoms with van der Waals surface area (Å²) in [6, 6.07) is 13.6. The van der Waals surface area contributed by atoms with Gasteiger partial charge in [0.1, 0.15) is 0 Å². The third-order valence-electron chi connectivity index (χ3n) is 6.29. The molecule has 1 heterocycles. The van der Waals surface area contributed by atoms with E-state index < -0.39 is 18.2 Å². The fourth-order valence-corrected chi connectivity index (χ4v) is 4.54. The summed E-state index contributed by atoms with van der Waals surface area (Å²) < 4.78 is 4.97. The largest absolute Gasteiger partial charge is 0.462 e. The van der Waals surface area contributed by atoms with Gasteiger partial charge in [0.05, 0.1) is 23.6 Å². The van der Waals surface area contributed by atoms with Gasteiger partial charge in [-0.2, -0.15) is 0 Å². The fourth-order valence-electron chi connectivity index (χ4n) is 4.54. The summed E-state index contributed by atoms with van der Waals surface area (Å²) in [5, 5.41) is 5.45. The van der Waals surface area contributed by atoms with Crippen LogP contribution < -0.4 is 15.5 Å². The van der Waals surface area contributed by atoms with Crippen LogP contribution in [0.1, 0.15) is 54.9 Å². The first-order chi connectivity index (χ1) is 16.5. The van der Waals surface area contributed by atoms with E-state index in [0.717, 1.165) is 42.6 Å². The van der Waals surface area contributed by atoms with Crippen molar-refractivity contribution in [3.8, 4) is 0 Å². The van der Waals surface area contributed by atoms with Crippen molar-refractivity contribution in [1.29, 1.82) is 0 Å². The highest BCUT2D eigenvalue weighted by molar-refractivity contribution is 6.14. The van der Waals surface area contributed by atoms with Crippen LogP contribution in [0.25, 0.3) is 0 Å². The number of rotatable bonds is 5. The third kappa shape index (κ3) is 5.11. The van der Waals surface area contributed by atoms with Crippen LogP contribution in [-0.4, -0.2) is 43.4 Å². The normalized spacial score (nSPS) is 18.4. The number of esters is 1. The molecule has 1 saturated carbocycles. The number of fused-ring (bicyclic) bond motifs is 1. The molecule has 3 amide bonds. The van der Waals surface area contributed by atoms with E-state index in [1.54, 1.807) is 43.1 Å². The van der Waals surface area contributed by atoms with Crippen LogP contribution in [0.4, 0.5) is 16.2 Å². The molecule has 34 heavy (non-hydrogen) atoms. The number of ether oxygens (including phenoxy) is 1. The lowest BCUT2D eigenvalue weighted by molar-refractivity contribution is -0.119. The van der Waals surface area contributed by atoms with E-state index in [2.05, 4.69) is 10.6 Å². The molecular weight excluding hydrogens is 432 g/mol. The highest BCUT2D eigenvalue weighted by Crippen LogP contribution is 2.33. The van der Waals surface area contributed by atoms with Gasteiger partial charge in [0.15, 0.2) is 0 Å². The Kier molecular flexibility index (Phi) is 7.25. The first-order valence-corrected chi connectivity index (χ1v) is 11.8. The van der Waals surface area contributed by atoms with Crippen molar-refractivity contribution in [2.24, 2.45) is 10.9 Å². The van der Waals surface area contributed by atoms with Crippen molar-refractivity contribution in [1.82, 2.24) is 5.32 Å². The van der Waals surface area contributed by atoms with Gasteiger partial charge in [-0.3, -0.25) is 9.79 Å². The maximum Gasteiger partial charge on any atom is 0.338 e. The summed E-state index contributed by atoms with van der Waals surface area (Å²) in [6.07, 6.45) is 4.50. The molecule has 2 aromatic carbocycles. The number of aliphatic imine (C=N–C) groups is 1. The van der Waals surface area contributed by atoms with Crippen molar-refractivity contribution in [2.75, 3.05) is 23.9 Å². The Hall–Kier alpha value is -3.68. The van der Waals surface area contributed by atoms with Crippen molar-refractivity contribution in [3.05, 3.63) is 59.7 Å². The van der Waals surface area contributed by atoms with Crippen LogP contribution >= 0.6 is 0 Å². The number of hydrogen-bond donors (Lipinski definition) is 2. The summed E-state index contributed by atoms with van der Waals surface area (Å²) in [6.45, 7) is 2.03. The molecule has 0 spiro atoms. The number of para-hydroxylation sites is 1. The monoisotopic (exact) mass is 462 g/mol. The van der Waals surface area contributed by atoms with Crippen molar-refractivity contribution < 1.29 is 19.1 Å². The molecule has 1 atom stereocenters. The lowest BCUT2D eigenvalue weighted by Gasteiger charge is -2.25. The Morgan fingerprint density at radius 2 is 1.76 bits per heavy atom. The second kappa shape index (κ2) is 10.5. The molecule has 4 rings (SSSR count). The number of amides is 3. The van der Waals surface area contributed by atoms with Gasteiger partial charge in [0, 0.05) is 24.2 Å². The third-order valence-corrected chi connectivity index (χ3v) is 6.29. The quantitative estimate of drug-likeness (QED) is 0.645.